The molecule has 0 bridgehead atoms. The van der Waals surface area contributed by atoms with Gasteiger partial charge in [-0.25, -0.2) is 0 Å². The molecule has 0 N–H and O–H groups in total. The first-order valence-corrected chi connectivity index (χ1v) is 6.98. The third-order valence-corrected chi connectivity index (χ3v) is 3.29. The van der Waals surface area contributed by atoms with Crippen molar-refractivity contribution in [2.45, 2.75) is 46.1 Å². The van der Waals surface area contributed by atoms with E-state index in [0.29, 0.717) is 6.54 Å². The van der Waals surface area contributed by atoms with Gasteiger partial charge in [0.1, 0.15) is 12.1 Å². The lowest BCUT2D eigenvalue weighted by Gasteiger charge is -2.24. The molecule has 0 aliphatic carbocycles. The Hall–Kier alpha value is -1.51. The predicted octanol–water partition coefficient (Wildman–Crippen LogP) is 2.95. The fraction of sp³-hybridized carbons (Fsp3) is 0.562. The zero-order valence-electron chi connectivity index (χ0n) is 12.3. The quantitative estimate of drug-likeness (QED) is 0.783. The van der Waals surface area contributed by atoms with E-state index in [4.69, 9.17) is 4.74 Å². The molecular weight excluding hydrogens is 238 g/mol. The van der Waals surface area contributed by atoms with Crippen LogP contribution in [0.2, 0.25) is 0 Å². The fourth-order valence-electron chi connectivity index (χ4n) is 2.59. The summed E-state index contributed by atoms with van der Waals surface area (Å²) in [6.45, 7) is 9.12. The van der Waals surface area contributed by atoms with Gasteiger partial charge in [-0.2, -0.15) is 0 Å². The van der Waals surface area contributed by atoms with E-state index in [2.05, 4.69) is 30.0 Å². The topological polar surface area (TPSA) is 29.5 Å². The highest BCUT2D eigenvalue weighted by atomic mass is 16.6. The van der Waals surface area contributed by atoms with Crippen LogP contribution in [-0.4, -0.2) is 24.7 Å². The zero-order valence-corrected chi connectivity index (χ0v) is 12.3. The van der Waals surface area contributed by atoms with Crippen LogP contribution < -0.4 is 4.90 Å². The molecule has 0 saturated heterocycles. The molecule has 1 aliphatic rings. The maximum Gasteiger partial charge on any atom is 0.326 e. The lowest BCUT2D eigenvalue weighted by Crippen LogP contribution is -2.34. The average Bonchev–Trinajstić information content (AvgIpc) is 2.70. The number of nitrogens with zero attached hydrogens (tertiary/aromatic N) is 1. The van der Waals surface area contributed by atoms with Gasteiger partial charge in [0.15, 0.2) is 0 Å². The molecule has 0 aromatic heterocycles. The van der Waals surface area contributed by atoms with E-state index in [9.17, 15) is 4.79 Å². The van der Waals surface area contributed by atoms with Gasteiger partial charge in [0, 0.05) is 12.2 Å². The van der Waals surface area contributed by atoms with E-state index in [-0.39, 0.29) is 5.97 Å². The largest absolute Gasteiger partial charge is 0.459 e. The molecule has 2 rings (SSSR count). The Bertz CT molecular complexity index is 474. The molecule has 3 nitrogen and oxygen atoms in total. The second kappa shape index (κ2) is 5.24. The molecule has 1 aromatic rings. The third kappa shape index (κ3) is 3.28. The monoisotopic (exact) mass is 261 g/mol. The first-order valence-electron chi connectivity index (χ1n) is 6.98. The number of carbonyl (C=O) groups is 1. The standard InChI is InChI=1S/C16H23NO2/c1-5-12-7-6-8-13-9-10-17(15(12)13)11-14(18)19-16(2,3)4/h6-8H,5,9-11H2,1-4H3. The second-order valence-electron chi connectivity index (χ2n) is 6.04. The van der Waals surface area contributed by atoms with Crippen LogP contribution >= 0.6 is 0 Å². The minimum Gasteiger partial charge on any atom is -0.459 e. The number of para-hydroxylation sites is 1. The second-order valence-corrected chi connectivity index (χ2v) is 6.04. The van der Waals surface area contributed by atoms with E-state index < -0.39 is 5.60 Å². The lowest BCUT2D eigenvalue weighted by molar-refractivity contribution is -0.152. The molecule has 1 aromatic carbocycles. The number of rotatable bonds is 3. The molecule has 0 amide bonds. The van der Waals surface area contributed by atoms with Crippen LogP contribution in [0, 0.1) is 0 Å². The van der Waals surface area contributed by atoms with Crippen LogP contribution in [0.5, 0.6) is 0 Å². The van der Waals surface area contributed by atoms with Gasteiger partial charge in [0.2, 0.25) is 0 Å². The minimum absolute atomic E-state index is 0.147. The number of hydrogen-bond donors (Lipinski definition) is 0. The average molecular weight is 261 g/mol. The zero-order chi connectivity index (χ0) is 14.0. The molecule has 0 saturated carbocycles. The first-order chi connectivity index (χ1) is 8.90. The molecule has 0 spiro atoms. The summed E-state index contributed by atoms with van der Waals surface area (Å²) < 4.78 is 5.41. The Labute approximate surface area is 115 Å². The molecular formula is C16H23NO2. The fourth-order valence-corrected chi connectivity index (χ4v) is 2.59. The maximum absolute atomic E-state index is 12.0. The number of carbonyl (C=O) groups excluding carboxylic acids is 1. The van der Waals surface area contributed by atoms with Crippen molar-refractivity contribution in [1.29, 1.82) is 0 Å². The van der Waals surface area contributed by atoms with Crippen molar-refractivity contribution >= 4 is 11.7 Å². The van der Waals surface area contributed by atoms with Crippen molar-refractivity contribution in [3.05, 3.63) is 29.3 Å². The third-order valence-electron chi connectivity index (χ3n) is 3.29. The molecule has 0 fully saturated rings. The minimum atomic E-state index is -0.413. The van der Waals surface area contributed by atoms with Gasteiger partial charge in [-0.05, 0) is 44.7 Å². The summed E-state index contributed by atoms with van der Waals surface area (Å²) in [7, 11) is 0. The van der Waals surface area contributed by atoms with Gasteiger partial charge in [-0.15, -0.1) is 0 Å². The number of esters is 1. The number of fused-ring (bicyclic) bond motifs is 1. The van der Waals surface area contributed by atoms with Crippen molar-refractivity contribution < 1.29 is 9.53 Å². The van der Waals surface area contributed by atoms with Gasteiger partial charge in [-0.1, -0.05) is 25.1 Å². The molecule has 0 radical (unpaired) electrons. The van der Waals surface area contributed by atoms with Gasteiger partial charge in [0.25, 0.3) is 0 Å². The molecule has 104 valence electrons. The van der Waals surface area contributed by atoms with E-state index in [0.717, 1.165) is 19.4 Å². The van der Waals surface area contributed by atoms with Gasteiger partial charge in [-0.3, -0.25) is 4.79 Å². The van der Waals surface area contributed by atoms with Gasteiger partial charge < -0.3 is 9.64 Å². The Morgan fingerprint density at radius 2 is 2.11 bits per heavy atom. The van der Waals surface area contributed by atoms with Crippen molar-refractivity contribution in [3.63, 3.8) is 0 Å². The van der Waals surface area contributed by atoms with Crippen LogP contribution in [-0.2, 0) is 22.4 Å². The van der Waals surface area contributed by atoms with Crippen LogP contribution in [0.15, 0.2) is 18.2 Å². The summed E-state index contributed by atoms with van der Waals surface area (Å²) in [6.07, 6.45) is 2.01. The number of anilines is 1. The molecule has 19 heavy (non-hydrogen) atoms. The van der Waals surface area contributed by atoms with Crippen molar-refractivity contribution in [3.8, 4) is 0 Å². The first kappa shape index (κ1) is 13.9. The van der Waals surface area contributed by atoms with Gasteiger partial charge >= 0.3 is 5.97 Å². The summed E-state index contributed by atoms with van der Waals surface area (Å²) in [5, 5.41) is 0. The summed E-state index contributed by atoms with van der Waals surface area (Å²) in [6, 6.07) is 6.41. The summed E-state index contributed by atoms with van der Waals surface area (Å²) in [4.78, 5) is 14.1. The highest BCUT2D eigenvalue weighted by Gasteiger charge is 2.25. The Kier molecular flexibility index (Phi) is 3.83. The van der Waals surface area contributed by atoms with Crippen molar-refractivity contribution in [1.82, 2.24) is 0 Å². The van der Waals surface area contributed by atoms with E-state index in [1.54, 1.807) is 0 Å². The maximum atomic E-state index is 12.0. The van der Waals surface area contributed by atoms with Crippen LogP contribution in [0.25, 0.3) is 0 Å². The Balaban J connectivity index is 2.12. The summed E-state index contributed by atoms with van der Waals surface area (Å²) >= 11 is 0. The normalized spacial score (nSPS) is 14.4. The van der Waals surface area contributed by atoms with E-state index in [1.165, 1.54) is 16.8 Å². The van der Waals surface area contributed by atoms with Crippen LogP contribution in [0.3, 0.4) is 0 Å². The SMILES string of the molecule is CCc1cccc2c1N(CC(=O)OC(C)(C)C)CC2. The summed E-state index contributed by atoms with van der Waals surface area (Å²) in [5.41, 5.74) is 3.50. The van der Waals surface area contributed by atoms with Crippen LogP contribution in [0.4, 0.5) is 5.69 Å². The molecule has 1 heterocycles. The molecule has 3 heteroatoms. The highest BCUT2D eigenvalue weighted by Crippen LogP contribution is 2.32. The molecule has 0 unspecified atom stereocenters. The highest BCUT2D eigenvalue weighted by molar-refractivity contribution is 5.78. The lowest BCUT2D eigenvalue weighted by atomic mass is 10.1. The Morgan fingerprint density at radius 1 is 1.37 bits per heavy atom. The number of ether oxygens (including phenoxy) is 1. The number of benzene rings is 1. The van der Waals surface area contributed by atoms with Crippen molar-refractivity contribution in [2.24, 2.45) is 0 Å². The van der Waals surface area contributed by atoms with Crippen LogP contribution in [0.1, 0.15) is 38.8 Å². The van der Waals surface area contributed by atoms with E-state index in [1.807, 2.05) is 20.8 Å². The molecule has 0 atom stereocenters. The number of hydrogen-bond acceptors (Lipinski definition) is 3. The van der Waals surface area contributed by atoms with Gasteiger partial charge in [0.05, 0.1) is 0 Å². The van der Waals surface area contributed by atoms with E-state index >= 15 is 0 Å². The van der Waals surface area contributed by atoms with Crippen molar-refractivity contribution in [2.75, 3.05) is 18.0 Å². The molecule has 1 aliphatic heterocycles. The predicted molar refractivity (Wildman–Crippen MR) is 77.6 cm³/mol. The summed E-state index contributed by atoms with van der Waals surface area (Å²) in [5.74, 6) is -0.147. The smallest absolute Gasteiger partial charge is 0.326 e. The Morgan fingerprint density at radius 3 is 2.74 bits per heavy atom. The number of aryl methyl sites for hydroxylation is 1.